The predicted molar refractivity (Wildman–Crippen MR) is 68.5 cm³/mol. The van der Waals surface area contributed by atoms with Gasteiger partial charge in [0.25, 0.3) is 0 Å². The van der Waals surface area contributed by atoms with E-state index in [2.05, 4.69) is 15.9 Å². The molecule has 0 amide bonds. The zero-order chi connectivity index (χ0) is 13.1. The standard InChI is InChI=1S/C14H9BrF2O/c15-14-10(4-2-6-12(14)17)8-13(18)9-3-1-5-11(16)7-9/h1-7H,8H2. The molecular formula is C14H9BrF2O. The van der Waals surface area contributed by atoms with Gasteiger partial charge >= 0.3 is 0 Å². The maximum absolute atomic E-state index is 13.3. The number of carbonyl (C=O) groups excluding carboxylic acids is 1. The molecular weight excluding hydrogens is 302 g/mol. The third kappa shape index (κ3) is 2.82. The average Bonchev–Trinajstić information content (AvgIpc) is 2.35. The van der Waals surface area contributed by atoms with Gasteiger partial charge in [-0.25, -0.2) is 8.78 Å². The van der Waals surface area contributed by atoms with Crippen LogP contribution in [0.1, 0.15) is 15.9 Å². The van der Waals surface area contributed by atoms with Gasteiger partial charge in [0.2, 0.25) is 0 Å². The number of hydrogen-bond acceptors (Lipinski definition) is 1. The minimum Gasteiger partial charge on any atom is -0.294 e. The number of benzene rings is 2. The van der Waals surface area contributed by atoms with Crippen molar-refractivity contribution < 1.29 is 13.6 Å². The van der Waals surface area contributed by atoms with Gasteiger partial charge in [0.15, 0.2) is 5.78 Å². The number of hydrogen-bond donors (Lipinski definition) is 0. The Morgan fingerprint density at radius 3 is 2.56 bits per heavy atom. The van der Waals surface area contributed by atoms with Crippen molar-refractivity contribution in [1.29, 1.82) is 0 Å². The summed E-state index contributed by atoms with van der Waals surface area (Å²) < 4.78 is 26.5. The molecule has 0 aliphatic heterocycles. The third-order valence-electron chi connectivity index (χ3n) is 2.53. The molecule has 0 heterocycles. The molecule has 0 N–H and O–H groups in total. The summed E-state index contributed by atoms with van der Waals surface area (Å²) in [7, 11) is 0. The van der Waals surface area contributed by atoms with E-state index in [1.165, 1.54) is 30.3 Å². The molecule has 4 heteroatoms. The highest BCUT2D eigenvalue weighted by molar-refractivity contribution is 9.10. The topological polar surface area (TPSA) is 17.1 Å². The Labute approximate surface area is 112 Å². The summed E-state index contributed by atoms with van der Waals surface area (Å²) in [6, 6.07) is 9.96. The Kier molecular flexibility index (Phi) is 3.87. The van der Waals surface area contributed by atoms with Crippen molar-refractivity contribution in [2.75, 3.05) is 0 Å². The van der Waals surface area contributed by atoms with Crippen molar-refractivity contribution in [3.8, 4) is 0 Å². The highest BCUT2D eigenvalue weighted by Gasteiger charge is 2.12. The molecule has 1 nitrogen and oxygen atoms in total. The Morgan fingerprint density at radius 2 is 1.83 bits per heavy atom. The minimum absolute atomic E-state index is 0.0296. The van der Waals surface area contributed by atoms with Gasteiger partial charge in [0.1, 0.15) is 11.6 Å². The normalized spacial score (nSPS) is 10.4. The Bertz CT molecular complexity index is 596. The van der Waals surface area contributed by atoms with E-state index in [-0.39, 0.29) is 22.2 Å². The Morgan fingerprint density at radius 1 is 1.11 bits per heavy atom. The molecule has 0 atom stereocenters. The van der Waals surface area contributed by atoms with Gasteiger partial charge in [-0.3, -0.25) is 4.79 Å². The summed E-state index contributed by atoms with van der Waals surface area (Å²) in [6.45, 7) is 0. The fourth-order valence-corrected chi connectivity index (χ4v) is 2.03. The maximum atomic E-state index is 13.3. The lowest BCUT2D eigenvalue weighted by molar-refractivity contribution is 0.0992. The molecule has 18 heavy (non-hydrogen) atoms. The second-order valence-electron chi connectivity index (χ2n) is 3.82. The lowest BCUT2D eigenvalue weighted by Crippen LogP contribution is -2.05. The first-order chi connectivity index (χ1) is 8.58. The van der Waals surface area contributed by atoms with Gasteiger partial charge in [0.05, 0.1) is 4.47 Å². The zero-order valence-electron chi connectivity index (χ0n) is 9.29. The van der Waals surface area contributed by atoms with E-state index in [1.54, 1.807) is 12.1 Å². The zero-order valence-corrected chi connectivity index (χ0v) is 10.9. The van der Waals surface area contributed by atoms with Crippen LogP contribution in [0.15, 0.2) is 46.9 Å². The van der Waals surface area contributed by atoms with Crippen molar-refractivity contribution in [2.24, 2.45) is 0 Å². The maximum Gasteiger partial charge on any atom is 0.167 e. The quantitative estimate of drug-likeness (QED) is 0.778. The first-order valence-electron chi connectivity index (χ1n) is 5.29. The number of ketones is 1. The van der Waals surface area contributed by atoms with Crippen LogP contribution in [0.2, 0.25) is 0 Å². The summed E-state index contributed by atoms with van der Waals surface area (Å²) in [5, 5.41) is 0. The van der Waals surface area contributed by atoms with Crippen molar-refractivity contribution in [2.45, 2.75) is 6.42 Å². The van der Waals surface area contributed by atoms with Crippen molar-refractivity contribution in [3.63, 3.8) is 0 Å². The van der Waals surface area contributed by atoms with Crippen LogP contribution in [0, 0.1) is 11.6 Å². The molecule has 92 valence electrons. The molecule has 0 aromatic heterocycles. The third-order valence-corrected chi connectivity index (χ3v) is 3.42. The molecule has 0 unspecified atom stereocenters. The summed E-state index contributed by atoms with van der Waals surface area (Å²) in [4.78, 5) is 11.9. The summed E-state index contributed by atoms with van der Waals surface area (Å²) in [5.41, 5.74) is 0.829. The van der Waals surface area contributed by atoms with E-state index in [0.29, 0.717) is 5.56 Å². The molecule has 0 bridgehead atoms. The highest BCUT2D eigenvalue weighted by atomic mass is 79.9. The lowest BCUT2D eigenvalue weighted by Gasteiger charge is -2.05. The number of halogens is 3. The SMILES string of the molecule is O=C(Cc1cccc(F)c1Br)c1cccc(F)c1. The van der Waals surface area contributed by atoms with Crippen LogP contribution < -0.4 is 0 Å². The molecule has 2 rings (SSSR count). The van der Waals surface area contributed by atoms with Crippen LogP contribution in [0.5, 0.6) is 0 Å². The van der Waals surface area contributed by atoms with Crippen molar-refractivity contribution in [3.05, 3.63) is 69.7 Å². The molecule has 0 fully saturated rings. The van der Waals surface area contributed by atoms with Gasteiger partial charge in [-0.1, -0.05) is 24.3 Å². The number of Topliss-reactive ketones (excluding diaryl/α,β-unsaturated/α-hetero) is 1. The predicted octanol–water partition coefficient (Wildman–Crippen LogP) is 4.15. The van der Waals surface area contributed by atoms with Crippen LogP contribution in [0.3, 0.4) is 0 Å². The summed E-state index contributed by atoms with van der Waals surface area (Å²) in [6.07, 6.45) is 0.0296. The average molecular weight is 311 g/mol. The Balaban J connectivity index is 2.24. The van der Waals surface area contributed by atoms with Gasteiger partial charge < -0.3 is 0 Å². The van der Waals surface area contributed by atoms with Gasteiger partial charge in [-0.15, -0.1) is 0 Å². The molecule has 0 radical (unpaired) electrons. The molecule has 0 aliphatic rings. The number of rotatable bonds is 3. The van der Waals surface area contributed by atoms with E-state index < -0.39 is 11.6 Å². The van der Waals surface area contributed by atoms with Crippen LogP contribution >= 0.6 is 15.9 Å². The van der Waals surface area contributed by atoms with E-state index >= 15 is 0 Å². The van der Waals surface area contributed by atoms with E-state index in [1.807, 2.05) is 0 Å². The van der Waals surface area contributed by atoms with E-state index in [9.17, 15) is 13.6 Å². The molecule has 0 saturated carbocycles. The smallest absolute Gasteiger partial charge is 0.167 e. The van der Waals surface area contributed by atoms with Gasteiger partial charge in [0, 0.05) is 12.0 Å². The monoisotopic (exact) mass is 310 g/mol. The second-order valence-corrected chi connectivity index (χ2v) is 4.62. The van der Waals surface area contributed by atoms with Gasteiger partial charge in [-0.05, 0) is 39.7 Å². The lowest BCUT2D eigenvalue weighted by atomic mass is 10.0. The van der Waals surface area contributed by atoms with Crippen LogP contribution in [0.4, 0.5) is 8.78 Å². The van der Waals surface area contributed by atoms with E-state index in [0.717, 1.165) is 0 Å². The van der Waals surface area contributed by atoms with Crippen LogP contribution in [0.25, 0.3) is 0 Å². The van der Waals surface area contributed by atoms with E-state index in [4.69, 9.17) is 0 Å². The second kappa shape index (κ2) is 5.40. The molecule has 0 spiro atoms. The first kappa shape index (κ1) is 12.9. The minimum atomic E-state index is -0.459. The molecule has 0 saturated heterocycles. The number of carbonyl (C=O) groups is 1. The van der Waals surface area contributed by atoms with Crippen LogP contribution in [-0.2, 0) is 6.42 Å². The first-order valence-corrected chi connectivity index (χ1v) is 6.09. The molecule has 0 aliphatic carbocycles. The highest BCUT2D eigenvalue weighted by Crippen LogP contribution is 2.22. The summed E-state index contributed by atoms with van der Waals surface area (Å²) in [5.74, 6) is -1.13. The Hall–Kier alpha value is -1.55. The fraction of sp³-hybridized carbons (Fsp3) is 0.0714. The van der Waals surface area contributed by atoms with Gasteiger partial charge in [-0.2, -0.15) is 0 Å². The summed E-state index contributed by atoms with van der Waals surface area (Å²) >= 11 is 3.09. The largest absolute Gasteiger partial charge is 0.294 e. The van der Waals surface area contributed by atoms with Crippen molar-refractivity contribution >= 4 is 21.7 Å². The molecule has 2 aromatic rings. The van der Waals surface area contributed by atoms with Crippen molar-refractivity contribution in [1.82, 2.24) is 0 Å². The van der Waals surface area contributed by atoms with Crippen LogP contribution in [-0.4, -0.2) is 5.78 Å². The fourth-order valence-electron chi connectivity index (χ4n) is 1.62. The molecule has 2 aromatic carbocycles.